The summed E-state index contributed by atoms with van der Waals surface area (Å²) in [6.45, 7) is 5.13. The maximum atomic E-state index is 11.6. The smallest absolute Gasteiger partial charge is 0.335 e. The molecule has 5 unspecified atom stereocenters. The van der Waals surface area contributed by atoms with Crippen LogP contribution in [0.4, 0.5) is 11.4 Å². The molecular weight excluding hydrogens is 622 g/mol. The molecule has 14 heteroatoms. The van der Waals surface area contributed by atoms with E-state index >= 15 is 0 Å². The Kier molecular flexibility index (Phi) is 8.83. The molecule has 5 heterocycles. The number of aliphatic hydroxyl groups is 3. The fourth-order valence-electron chi connectivity index (χ4n) is 7.15. The zero-order valence-electron chi connectivity index (χ0n) is 26.4. The number of aromatic hydroxyl groups is 1. The lowest BCUT2D eigenvalue weighted by Gasteiger charge is -2.44. The second-order valence-corrected chi connectivity index (χ2v) is 12.4. The number of hydrogen-bond acceptors (Lipinski definition) is 13. The summed E-state index contributed by atoms with van der Waals surface area (Å²) >= 11 is 0. The highest BCUT2D eigenvalue weighted by Gasteiger charge is 2.48. The highest BCUT2D eigenvalue weighted by atomic mass is 16.7. The van der Waals surface area contributed by atoms with Crippen molar-refractivity contribution in [2.45, 2.75) is 49.6 Å². The molecule has 3 fully saturated rings. The number of aliphatic carboxylic acids is 1. The third-order valence-electron chi connectivity index (χ3n) is 9.77. The van der Waals surface area contributed by atoms with Crippen molar-refractivity contribution in [1.82, 2.24) is 14.9 Å². The minimum atomic E-state index is -1.80. The van der Waals surface area contributed by atoms with E-state index in [-0.39, 0.29) is 5.75 Å². The Hall–Kier alpha value is -4.47. The molecule has 5 atom stereocenters. The summed E-state index contributed by atoms with van der Waals surface area (Å²) in [6.07, 6.45) is -3.11. The van der Waals surface area contributed by atoms with E-state index in [0.29, 0.717) is 33.8 Å². The fourth-order valence-corrected chi connectivity index (χ4v) is 7.15. The van der Waals surface area contributed by atoms with E-state index in [1.165, 1.54) is 0 Å². The van der Waals surface area contributed by atoms with Crippen LogP contribution in [0.5, 0.6) is 17.2 Å². The molecule has 254 valence electrons. The second kappa shape index (κ2) is 13.2. The van der Waals surface area contributed by atoms with Gasteiger partial charge in [-0.25, -0.2) is 4.79 Å². The van der Waals surface area contributed by atoms with E-state index in [4.69, 9.17) is 14.2 Å². The molecule has 0 saturated carbocycles. The largest absolute Gasteiger partial charge is 0.504 e. The topological polar surface area (TPSA) is 181 Å². The Bertz CT molecular complexity index is 1790. The number of carboxylic acid groups (broad SMARTS) is 1. The van der Waals surface area contributed by atoms with Crippen LogP contribution in [0, 0.1) is 0 Å². The Labute approximate surface area is 276 Å². The number of nitrogens with zero attached hydrogens (tertiary/aromatic N) is 5. The highest BCUT2D eigenvalue weighted by Crippen LogP contribution is 2.41. The molecule has 0 amide bonds. The average molecular weight is 662 g/mol. The number of aromatic nitrogens is 2. The van der Waals surface area contributed by atoms with Crippen LogP contribution in [0.1, 0.15) is 12.8 Å². The monoisotopic (exact) mass is 661 g/mol. The molecule has 4 aromatic rings. The number of pyridine rings is 2. The van der Waals surface area contributed by atoms with E-state index in [1.807, 2.05) is 30.3 Å². The molecule has 3 aliphatic rings. The SMILES string of the molecule is COc1cc(N2CCN(C3CCN(c4ccc(OC5OC(C(=O)O)C(O)C(O)C5O)c5cccnc45)CC3)CC2)c2ncccc2c1O. The number of hydrogen-bond donors (Lipinski definition) is 5. The number of piperazine rings is 1. The molecule has 5 N–H and O–H groups in total. The van der Waals surface area contributed by atoms with Gasteiger partial charge < -0.3 is 49.5 Å². The summed E-state index contributed by atoms with van der Waals surface area (Å²) in [5.74, 6) is -0.627. The van der Waals surface area contributed by atoms with Gasteiger partial charge in [0.05, 0.1) is 29.5 Å². The van der Waals surface area contributed by atoms with Gasteiger partial charge in [0.25, 0.3) is 0 Å². The van der Waals surface area contributed by atoms with Crippen molar-refractivity contribution in [2.24, 2.45) is 0 Å². The van der Waals surface area contributed by atoms with Gasteiger partial charge in [-0.05, 0) is 49.2 Å². The number of phenolic OH excluding ortho intramolecular Hbond substituents is 1. The van der Waals surface area contributed by atoms with Gasteiger partial charge in [0, 0.05) is 74.5 Å². The second-order valence-electron chi connectivity index (χ2n) is 12.4. The Balaban J connectivity index is 1.01. The first-order valence-corrected chi connectivity index (χ1v) is 16.1. The number of benzene rings is 2. The van der Waals surface area contributed by atoms with E-state index in [1.54, 1.807) is 31.6 Å². The first-order chi connectivity index (χ1) is 23.2. The van der Waals surface area contributed by atoms with Crippen LogP contribution in [-0.2, 0) is 9.53 Å². The molecule has 2 aromatic heterocycles. The Morgan fingerprint density at radius 2 is 1.46 bits per heavy atom. The maximum Gasteiger partial charge on any atom is 0.335 e. The molecule has 0 radical (unpaired) electrons. The van der Waals surface area contributed by atoms with Gasteiger partial charge >= 0.3 is 5.97 Å². The third kappa shape index (κ3) is 5.79. The van der Waals surface area contributed by atoms with Gasteiger partial charge in [0.1, 0.15) is 24.1 Å². The number of anilines is 2. The predicted octanol–water partition coefficient (Wildman–Crippen LogP) is 1.56. The predicted molar refractivity (Wildman–Crippen MR) is 176 cm³/mol. The minimum absolute atomic E-state index is 0.103. The lowest BCUT2D eigenvalue weighted by Crippen LogP contribution is -2.61. The van der Waals surface area contributed by atoms with Crippen LogP contribution >= 0.6 is 0 Å². The summed E-state index contributed by atoms with van der Waals surface area (Å²) in [6, 6.07) is 13.2. The van der Waals surface area contributed by atoms with Crippen LogP contribution < -0.4 is 19.3 Å². The molecular formula is C34H39N5O9. The number of ether oxygens (including phenoxy) is 3. The van der Waals surface area contributed by atoms with Crippen molar-refractivity contribution >= 4 is 39.1 Å². The summed E-state index contributed by atoms with van der Waals surface area (Å²) < 4.78 is 16.7. The van der Waals surface area contributed by atoms with Crippen LogP contribution in [0.25, 0.3) is 21.8 Å². The summed E-state index contributed by atoms with van der Waals surface area (Å²) in [7, 11) is 1.56. The molecule has 3 saturated heterocycles. The first kappa shape index (κ1) is 32.1. The van der Waals surface area contributed by atoms with E-state index < -0.39 is 36.7 Å². The summed E-state index contributed by atoms with van der Waals surface area (Å²) in [5.41, 5.74) is 3.35. The fraction of sp³-hybridized carbons (Fsp3) is 0.441. The van der Waals surface area contributed by atoms with Gasteiger partial charge in [-0.3, -0.25) is 14.9 Å². The molecule has 0 bridgehead atoms. The van der Waals surface area contributed by atoms with Crippen molar-refractivity contribution in [3.05, 3.63) is 54.9 Å². The van der Waals surface area contributed by atoms with Gasteiger partial charge in [-0.15, -0.1) is 0 Å². The van der Waals surface area contributed by atoms with Crippen molar-refractivity contribution in [2.75, 3.05) is 56.2 Å². The number of methoxy groups -OCH3 is 1. The molecule has 7 rings (SSSR count). The van der Waals surface area contributed by atoms with E-state index in [9.17, 15) is 30.3 Å². The highest BCUT2D eigenvalue weighted by molar-refractivity contribution is 5.97. The Morgan fingerprint density at radius 3 is 2.12 bits per heavy atom. The lowest BCUT2D eigenvalue weighted by atomic mass is 9.99. The van der Waals surface area contributed by atoms with Crippen LogP contribution in [0.2, 0.25) is 0 Å². The molecule has 3 aliphatic heterocycles. The van der Waals surface area contributed by atoms with E-state index in [0.717, 1.165) is 69.0 Å². The van der Waals surface area contributed by atoms with E-state index in [2.05, 4.69) is 24.7 Å². The molecule has 14 nitrogen and oxygen atoms in total. The number of carbonyl (C=O) groups is 1. The quantitative estimate of drug-likeness (QED) is 0.192. The maximum absolute atomic E-state index is 11.6. The number of piperidine rings is 1. The van der Waals surface area contributed by atoms with Gasteiger partial charge in [-0.1, -0.05) is 0 Å². The van der Waals surface area contributed by atoms with Crippen molar-refractivity contribution in [1.29, 1.82) is 0 Å². The molecule has 0 spiro atoms. The van der Waals surface area contributed by atoms with Crippen molar-refractivity contribution < 1.29 is 44.5 Å². The van der Waals surface area contributed by atoms with Crippen LogP contribution in [0.3, 0.4) is 0 Å². The standard InChI is InChI=1S/C34H39N5O9/c1-46-25-18-23(27-21(28(25)40)5-3-11-36-27)39-16-14-37(15-17-39)19-8-12-38(13-9-19)22-6-7-24(20-4-2-10-35-26(20)22)47-34-31(43)29(41)30(42)32(48-34)33(44)45/h2-7,10-11,18-19,29-32,34,40-43H,8-9,12-17H2,1H3,(H,44,45). The first-order valence-electron chi connectivity index (χ1n) is 16.1. The third-order valence-corrected chi connectivity index (χ3v) is 9.77. The summed E-state index contributed by atoms with van der Waals surface area (Å²) in [4.78, 5) is 27.9. The van der Waals surface area contributed by atoms with Gasteiger partial charge in [-0.2, -0.15) is 0 Å². The van der Waals surface area contributed by atoms with Crippen LogP contribution in [0.15, 0.2) is 54.9 Å². The summed E-state index contributed by atoms with van der Waals surface area (Å²) in [5, 5.41) is 52.1. The minimum Gasteiger partial charge on any atom is -0.504 e. The molecule has 0 aliphatic carbocycles. The number of phenols is 1. The number of aliphatic hydroxyl groups excluding tert-OH is 3. The van der Waals surface area contributed by atoms with Crippen LogP contribution in [-0.4, -0.2) is 129 Å². The number of fused-ring (bicyclic) bond motifs is 2. The van der Waals surface area contributed by atoms with Crippen molar-refractivity contribution in [3.8, 4) is 17.2 Å². The average Bonchev–Trinajstić information content (AvgIpc) is 3.12. The van der Waals surface area contributed by atoms with Gasteiger partial charge in [0.2, 0.25) is 6.29 Å². The zero-order valence-corrected chi connectivity index (χ0v) is 26.4. The molecule has 2 aromatic carbocycles. The lowest BCUT2D eigenvalue weighted by molar-refractivity contribution is -0.270. The number of carboxylic acids is 1. The van der Waals surface area contributed by atoms with Gasteiger partial charge in [0.15, 0.2) is 17.6 Å². The zero-order chi connectivity index (χ0) is 33.5. The van der Waals surface area contributed by atoms with Crippen molar-refractivity contribution in [3.63, 3.8) is 0 Å². The number of rotatable bonds is 7. The normalized spacial score (nSPS) is 25.8. The Morgan fingerprint density at radius 1 is 0.812 bits per heavy atom. The molecule has 48 heavy (non-hydrogen) atoms.